The maximum absolute atomic E-state index is 11.9. The first-order valence-electron chi connectivity index (χ1n) is 11.1. The monoisotopic (exact) mass is 460 g/mol. The van der Waals surface area contributed by atoms with Crippen molar-refractivity contribution in [2.75, 3.05) is 44.5 Å². The van der Waals surface area contributed by atoms with E-state index < -0.39 is 0 Å². The molecule has 0 aliphatic carbocycles. The van der Waals surface area contributed by atoms with E-state index in [1.54, 1.807) is 0 Å². The SMILES string of the molecule is O=C(CCS)CCCOCCOCCNC(=O)CCCCC1SCC2CC(=O)NC21. The molecule has 7 nitrogen and oxygen atoms in total. The Morgan fingerprint density at radius 1 is 1.07 bits per heavy atom. The number of hydrogen-bond donors (Lipinski definition) is 3. The number of ether oxygens (including phenoxy) is 2. The Balaban J connectivity index is 1.34. The summed E-state index contributed by atoms with van der Waals surface area (Å²) in [6.07, 6.45) is 5.97. The first kappa shape index (κ1) is 25.5. The number of unbranched alkanes of at least 4 members (excludes halogenated alkanes) is 1. The van der Waals surface area contributed by atoms with Crippen molar-refractivity contribution in [3.8, 4) is 0 Å². The molecule has 2 saturated heterocycles. The van der Waals surface area contributed by atoms with Crippen LogP contribution in [0.3, 0.4) is 0 Å². The number of nitrogens with one attached hydrogen (secondary N) is 2. The van der Waals surface area contributed by atoms with Crippen molar-refractivity contribution in [1.29, 1.82) is 0 Å². The molecule has 2 aliphatic heterocycles. The summed E-state index contributed by atoms with van der Waals surface area (Å²) in [4.78, 5) is 34.7. The number of amides is 2. The number of Topliss-reactive ketones (excluding diaryl/α,β-unsaturated/α-hetero) is 1. The van der Waals surface area contributed by atoms with Crippen LogP contribution in [0.1, 0.15) is 51.4 Å². The minimum atomic E-state index is 0.0619. The van der Waals surface area contributed by atoms with Crippen LogP contribution in [0.2, 0.25) is 0 Å². The van der Waals surface area contributed by atoms with Crippen molar-refractivity contribution in [1.82, 2.24) is 10.6 Å². The van der Waals surface area contributed by atoms with Crippen LogP contribution in [0.25, 0.3) is 0 Å². The fourth-order valence-electron chi connectivity index (χ4n) is 3.83. The molecule has 3 unspecified atom stereocenters. The maximum Gasteiger partial charge on any atom is 0.220 e. The van der Waals surface area contributed by atoms with Gasteiger partial charge in [-0.2, -0.15) is 24.4 Å². The molecule has 3 atom stereocenters. The highest BCUT2D eigenvalue weighted by Gasteiger charge is 2.42. The second-order valence-electron chi connectivity index (χ2n) is 7.87. The van der Waals surface area contributed by atoms with Crippen molar-refractivity contribution < 1.29 is 23.9 Å². The molecule has 0 aromatic heterocycles. The van der Waals surface area contributed by atoms with Crippen LogP contribution in [0, 0.1) is 5.92 Å². The van der Waals surface area contributed by atoms with Gasteiger partial charge in [0, 0.05) is 50.1 Å². The van der Waals surface area contributed by atoms with Gasteiger partial charge in [-0.15, -0.1) is 0 Å². The molecule has 9 heteroatoms. The second kappa shape index (κ2) is 15.1. The van der Waals surface area contributed by atoms with Gasteiger partial charge in [0.2, 0.25) is 11.8 Å². The van der Waals surface area contributed by atoms with Gasteiger partial charge in [0.25, 0.3) is 0 Å². The smallest absolute Gasteiger partial charge is 0.220 e. The van der Waals surface area contributed by atoms with E-state index in [4.69, 9.17) is 9.47 Å². The molecule has 172 valence electrons. The van der Waals surface area contributed by atoms with Crippen molar-refractivity contribution in [3.63, 3.8) is 0 Å². The Labute approximate surface area is 189 Å². The maximum atomic E-state index is 11.9. The third-order valence-corrected chi connectivity index (χ3v) is 7.23. The molecule has 2 N–H and O–H groups in total. The molecule has 2 heterocycles. The van der Waals surface area contributed by atoms with Gasteiger partial charge >= 0.3 is 0 Å². The molecule has 0 aromatic carbocycles. The Hall–Kier alpha value is -0.770. The summed E-state index contributed by atoms with van der Waals surface area (Å²) in [5.41, 5.74) is 0. The molecule has 0 radical (unpaired) electrons. The molecular weight excluding hydrogens is 424 g/mol. The van der Waals surface area contributed by atoms with Crippen LogP contribution < -0.4 is 10.6 Å². The lowest BCUT2D eigenvalue weighted by Gasteiger charge is -2.17. The number of carbonyl (C=O) groups is 3. The predicted molar refractivity (Wildman–Crippen MR) is 122 cm³/mol. The van der Waals surface area contributed by atoms with Crippen LogP contribution >= 0.6 is 24.4 Å². The quantitative estimate of drug-likeness (QED) is 0.227. The van der Waals surface area contributed by atoms with E-state index in [0.29, 0.717) is 81.6 Å². The summed E-state index contributed by atoms with van der Waals surface area (Å²) in [5, 5.41) is 6.49. The first-order valence-corrected chi connectivity index (χ1v) is 12.7. The summed E-state index contributed by atoms with van der Waals surface area (Å²) in [5.74, 6) is 2.68. The van der Waals surface area contributed by atoms with E-state index in [0.717, 1.165) is 31.4 Å². The highest BCUT2D eigenvalue weighted by atomic mass is 32.2. The average molecular weight is 461 g/mol. The molecule has 0 spiro atoms. The highest BCUT2D eigenvalue weighted by molar-refractivity contribution is 8.00. The van der Waals surface area contributed by atoms with Gasteiger partial charge in [-0.25, -0.2) is 0 Å². The van der Waals surface area contributed by atoms with Crippen LogP contribution in [-0.4, -0.2) is 73.4 Å². The molecule has 0 saturated carbocycles. The predicted octanol–water partition coefficient (Wildman–Crippen LogP) is 1.99. The number of thioether (sulfide) groups is 1. The Kier molecular flexibility index (Phi) is 12.8. The zero-order valence-electron chi connectivity index (χ0n) is 17.7. The fraction of sp³-hybridized carbons (Fsp3) is 0.857. The number of ketones is 1. The zero-order valence-corrected chi connectivity index (χ0v) is 19.4. The lowest BCUT2D eigenvalue weighted by molar-refractivity contribution is -0.121. The number of rotatable bonds is 17. The molecule has 0 bridgehead atoms. The van der Waals surface area contributed by atoms with Crippen molar-refractivity contribution >= 4 is 42.0 Å². The van der Waals surface area contributed by atoms with Crippen molar-refractivity contribution in [2.45, 2.75) is 62.7 Å². The molecule has 2 fully saturated rings. The second-order valence-corrected chi connectivity index (χ2v) is 9.58. The van der Waals surface area contributed by atoms with Gasteiger partial charge in [0.1, 0.15) is 5.78 Å². The third-order valence-electron chi connectivity index (χ3n) is 5.43. The fourth-order valence-corrected chi connectivity index (χ4v) is 5.73. The Morgan fingerprint density at radius 3 is 2.67 bits per heavy atom. The number of carbonyl (C=O) groups excluding carboxylic acids is 3. The highest BCUT2D eigenvalue weighted by Crippen LogP contribution is 2.39. The van der Waals surface area contributed by atoms with Gasteiger partial charge in [0.15, 0.2) is 0 Å². The lowest BCUT2D eigenvalue weighted by Crippen LogP contribution is -2.34. The third kappa shape index (κ3) is 10.0. The van der Waals surface area contributed by atoms with Crippen LogP contribution in [0.15, 0.2) is 0 Å². The standard InChI is InChI=1S/C21H36N2O5S2/c24-17(7-13-29)4-3-9-27-11-12-28-10-8-22-19(25)6-2-1-5-18-21-16(15-30-18)14-20(26)23-21/h16,18,21,29H,1-15H2,(H,22,25)(H,23,26). The Morgan fingerprint density at radius 2 is 1.87 bits per heavy atom. The van der Waals surface area contributed by atoms with Gasteiger partial charge in [-0.1, -0.05) is 6.42 Å². The Bertz CT molecular complexity index is 549. The van der Waals surface area contributed by atoms with Gasteiger partial charge < -0.3 is 20.1 Å². The molecule has 30 heavy (non-hydrogen) atoms. The molecule has 0 aromatic rings. The summed E-state index contributed by atoms with van der Waals surface area (Å²) in [6, 6.07) is 0.345. The summed E-state index contributed by atoms with van der Waals surface area (Å²) in [6.45, 7) is 2.52. The molecule has 2 rings (SSSR count). The van der Waals surface area contributed by atoms with Crippen LogP contribution in [0.5, 0.6) is 0 Å². The van der Waals surface area contributed by atoms with Crippen LogP contribution in [-0.2, 0) is 23.9 Å². The number of fused-ring (bicyclic) bond motifs is 1. The van der Waals surface area contributed by atoms with Crippen molar-refractivity contribution in [2.24, 2.45) is 5.92 Å². The van der Waals surface area contributed by atoms with Gasteiger partial charge in [0.05, 0.1) is 19.8 Å². The van der Waals surface area contributed by atoms with Gasteiger partial charge in [-0.3, -0.25) is 14.4 Å². The zero-order chi connectivity index (χ0) is 21.6. The topological polar surface area (TPSA) is 93.7 Å². The van der Waals surface area contributed by atoms with E-state index in [1.807, 2.05) is 11.8 Å². The van der Waals surface area contributed by atoms with Crippen molar-refractivity contribution in [3.05, 3.63) is 0 Å². The summed E-state index contributed by atoms with van der Waals surface area (Å²) in [7, 11) is 0. The van der Waals surface area contributed by atoms with E-state index in [-0.39, 0.29) is 17.6 Å². The molecule has 2 amide bonds. The summed E-state index contributed by atoms with van der Waals surface area (Å²) < 4.78 is 10.9. The van der Waals surface area contributed by atoms with Gasteiger partial charge in [-0.05, 0) is 36.7 Å². The summed E-state index contributed by atoms with van der Waals surface area (Å²) >= 11 is 6.00. The number of hydrogen-bond acceptors (Lipinski definition) is 7. The minimum Gasteiger partial charge on any atom is -0.379 e. The van der Waals surface area contributed by atoms with E-state index >= 15 is 0 Å². The lowest BCUT2D eigenvalue weighted by atomic mass is 9.97. The van der Waals surface area contributed by atoms with E-state index in [1.165, 1.54) is 0 Å². The average Bonchev–Trinajstić information content (AvgIpc) is 3.26. The molecule has 2 aliphatic rings. The number of thiol groups is 1. The first-order chi connectivity index (χ1) is 14.6. The van der Waals surface area contributed by atoms with Crippen LogP contribution in [0.4, 0.5) is 0 Å². The minimum absolute atomic E-state index is 0.0619. The van der Waals surface area contributed by atoms with E-state index in [2.05, 4.69) is 23.3 Å². The molecular formula is C21H36N2O5S2. The largest absolute Gasteiger partial charge is 0.379 e. The van der Waals surface area contributed by atoms with E-state index in [9.17, 15) is 14.4 Å². The normalized spacial score (nSPS) is 22.7.